The summed E-state index contributed by atoms with van der Waals surface area (Å²) in [5.74, 6) is 0.0464. The number of methoxy groups -OCH3 is 1. The van der Waals surface area contributed by atoms with Crippen LogP contribution >= 0.6 is 0 Å². The molecule has 0 saturated carbocycles. The van der Waals surface area contributed by atoms with Crippen LogP contribution in [0.1, 0.15) is 55.8 Å². The van der Waals surface area contributed by atoms with E-state index in [9.17, 15) is 23.2 Å². The first-order chi connectivity index (χ1) is 21.3. The topological polar surface area (TPSA) is 125 Å². The average Bonchev–Trinajstić information content (AvgIpc) is 3.07. The van der Waals surface area contributed by atoms with Crippen molar-refractivity contribution in [2.75, 3.05) is 33.4 Å². The Morgan fingerprint density at radius 2 is 1.43 bits per heavy atom. The van der Waals surface area contributed by atoms with E-state index in [1.807, 2.05) is 36.4 Å². The van der Waals surface area contributed by atoms with Gasteiger partial charge >= 0.3 is 0 Å². The number of unbranched alkanes of at least 4 members (excludes halogenated alkanes) is 5. The van der Waals surface area contributed by atoms with Crippen LogP contribution < -0.4 is 15.0 Å². The lowest BCUT2D eigenvalue weighted by Gasteiger charge is -2.39. The summed E-state index contributed by atoms with van der Waals surface area (Å²) in [5, 5.41) is 9.35. The Labute approximate surface area is 259 Å². The molecule has 0 bridgehead atoms. The van der Waals surface area contributed by atoms with E-state index in [2.05, 4.69) is 6.92 Å². The van der Waals surface area contributed by atoms with Crippen LogP contribution in [0.3, 0.4) is 0 Å². The second-order valence-corrected chi connectivity index (χ2v) is 12.6. The molecule has 1 unspecified atom stereocenters. The van der Waals surface area contributed by atoms with Gasteiger partial charge in [-0.2, -0.15) is 4.31 Å². The minimum absolute atomic E-state index is 0.0261. The SMILES string of the molecule is CCCCCCCCOc1ccc(-c2ccc(C(=O)N3CCN(S(=O)(=O)c4ccc(OC)cc4)C(C(=O)NO)C3)cc2)cc1. The summed E-state index contributed by atoms with van der Waals surface area (Å²) in [5.41, 5.74) is 3.86. The lowest BCUT2D eigenvalue weighted by Crippen LogP contribution is -2.61. The smallest absolute Gasteiger partial charge is 0.263 e. The molecule has 0 radical (unpaired) electrons. The number of ether oxygens (including phenoxy) is 2. The Morgan fingerprint density at radius 3 is 2.05 bits per heavy atom. The maximum absolute atomic E-state index is 13.4. The summed E-state index contributed by atoms with van der Waals surface area (Å²) >= 11 is 0. The third-order valence-electron chi connectivity index (χ3n) is 7.78. The van der Waals surface area contributed by atoms with E-state index in [-0.39, 0.29) is 30.4 Å². The third kappa shape index (κ3) is 8.16. The molecule has 44 heavy (non-hydrogen) atoms. The van der Waals surface area contributed by atoms with Crippen molar-refractivity contribution in [3.05, 3.63) is 78.4 Å². The van der Waals surface area contributed by atoms with Gasteiger partial charge in [0.2, 0.25) is 10.0 Å². The normalized spacial score (nSPS) is 15.5. The van der Waals surface area contributed by atoms with Gasteiger partial charge in [-0.25, -0.2) is 13.9 Å². The first-order valence-corrected chi connectivity index (χ1v) is 16.4. The minimum Gasteiger partial charge on any atom is -0.497 e. The summed E-state index contributed by atoms with van der Waals surface area (Å²) in [6.07, 6.45) is 7.28. The predicted molar refractivity (Wildman–Crippen MR) is 167 cm³/mol. The van der Waals surface area contributed by atoms with E-state index < -0.39 is 22.0 Å². The molecule has 4 rings (SSSR count). The molecule has 3 aromatic carbocycles. The molecule has 0 spiro atoms. The quantitative estimate of drug-likeness (QED) is 0.145. The first-order valence-electron chi connectivity index (χ1n) is 15.0. The Bertz CT molecular complexity index is 1480. The number of nitrogens with zero attached hydrogens (tertiary/aromatic N) is 2. The zero-order valence-electron chi connectivity index (χ0n) is 25.3. The number of rotatable bonds is 14. The largest absolute Gasteiger partial charge is 0.497 e. The molecule has 1 aliphatic heterocycles. The third-order valence-corrected chi connectivity index (χ3v) is 9.71. The van der Waals surface area contributed by atoms with E-state index in [4.69, 9.17) is 9.47 Å². The van der Waals surface area contributed by atoms with Crippen molar-refractivity contribution in [1.82, 2.24) is 14.7 Å². The molecule has 3 aromatic rings. The van der Waals surface area contributed by atoms with Crippen LogP contribution in [-0.2, 0) is 14.8 Å². The van der Waals surface area contributed by atoms with Gasteiger partial charge < -0.3 is 14.4 Å². The van der Waals surface area contributed by atoms with Crippen LogP contribution in [0, 0.1) is 0 Å². The Hall–Kier alpha value is -3.93. The summed E-state index contributed by atoms with van der Waals surface area (Å²) in [6.45, 7) is 2.65. The number of hydrogen-bond donors (Lipinski definition) is 2. The molecule has 11 heteroatoms. The van der Waals surface area contributed by atoms with Gasteiger partial charge in [-0.1, -0.05) is 63.3 Å². The summed E-state index contributed by atoms with van der Waals surface area (Å²) in [7, 11) is -2.63. The molecule has 1 heterocycles. The molecule has 1 aliphatic rings. The van der Waals surface area contributed by atoms with Crippen LogP contribution in [0.4, 0.5) is 0 Å². The molecular formula is C33H41N3O7S. The number of hydroxylamine groups is 1. The number of benzene rings is 3. The van der Waals surface area contributed by atoms with Crippen molar-refractivity contribution in [3.8, 4) is 22.6 Å². The van der Waals surface area contributed by atoms with Gasteiger partial charge in [-0.05, 0) is 66.1 Å². The van der Waals surface area contributed by atoms with Crippen molar-refractivity contribution in [2.45, 2.75) is 56.4 Å². The van der Waals surface area contributed by atoms with Gasteiger partial charge in [0.1, 0.15) is 17.5 Å². The Balaban J connectivity index is 1.37. The number of piperazine rings is 1. The number of nitrogens with one attached hydrogen (secondary N) is 1. The highest BCUT2D eigenvalue weighted by molar-refractivity contribution is 7.89. The monoisotopic (exact) mass is 623 g/mol. The number of carbonyl (C=O) groups is 2. The lowest BCUT2D eigenvalue weighted by molar-refractivity contribution is -0.134. The van der Waals surface area contributed by atoms with E-state index in [1.165, 1.54) is 68.4 Å². The molecule has 0 aromatic heterocycles. The first kappa shape index (κ1) is 33.0. The van der Waals surface area contributed by atoms with Crippen molar-refractivity contribution in [1.29, 1.82) is 0 Å². The summed E-state index contributed by atoms with van der Waals surface area (Å²) in [4.78, 5) is 27.3. The number of sulfonamides is 1. The molecule has 1 atom stereocenters. The molecule has 2 amide bonds. The highest BCUT2D eigenvalue weighted by Crippen LogP contribution is 2.26. The van der Waals surface area contributed by atoms with Gasteiger partial charge in [0.15, 0.2) is 0 Å². The number of hydrogen-bond acceptors (Lipinski definition) is 7. The van der Waals surface area contributed by atoms with Crippen molar-refractivity contribution < 1.29 is 32.7 Å². The molecular weight excluding hydrogens is 582 g/mol. The minimum atomic E-state index is -4.10. The van der Waals surface area contributed by atoms with E-state index in [1.54, 1.807) is 17.6 Å². The number of amides is 2. The van der Waals surface area contributed by atoms with E-state index >= 15 is 0 Å². The maximum atomic E-state index is 13.4. The maximum Gasteiger partial charge on any atom is 0.263 e. The van der Waals surface area contributed by atoms with Crippen LogP contribution in [0.25, 0.3) is 11.1 Å². The van der Waals surface area contributed by atoms with Crippen molar-refractivity contribution >= 4 is 21.8 Å². The second-order valence-electron chi connectivity index (χ2n) is 10.8. The van der Waals surface area contributed by atoms with Gasteiger partial charge in [0, 0.05) is 25.2 Å². The van der Waals surface area contributed by atoms with Gasteiger partial charge in [-0.3, -0.25) is 14.8 Å². The second kappa shape index (κ2) is 15.7. The molecule has 2 N–H and O–H groups in total. The molecule has 1 fully saturated rings. The van der Waals surface area contributed by atoms with Gasteiger partial charge in [-0.15, -0.1) is 0 Å². The van der Waals surface area contributed by atoms with E-state index in [0.717, 1.165) is 27.6 Å². The fourth-order valence-electron chi connectivity index (χ4n) is 5.21. The predicted octanol–water partition coefficient (Wildman–Crippen LogP) is 5.12. The molecule has 10 nitrogen and oxygen atoms in total. The Kier molecular flexibility index (Phi) is 11.8. The van der Waals surface area contributed by atoms with Crippen LogP contribution in [-0.4, -0.2) is 74.0 Å². The summed E-state index contributed by atoms with van der Waals surface area (Å²) in [6, 6.07) is 19.4. The van der Waals surface area contributed by atoms with Gasteiger partial charge in [0.25, 0.3) is 11.8 Å². The molecule has 0 aliphatic carbocycles. The van der Waals surface area contributed by atoms with Gasteiger partial charge in [0.05, 0.1) is 18.6 Å². The lowest BCUT2D eigenvalue weighted by atomic mass is 10.0. The van der Waals surface area contributed by atoms with Crippen LogP contribution in [0.5, 0.6) is 11.5 Å². The highest BCUT2D eigenvalue weighted by atomic mass is 32.2. The van der Waals surface area contributed by atoms with Crippen molar-refractivity contribution in [3.63, 3.8) is 0 Å². The number of carbonyl (C=O) groups excluding carboxylic acids is 2. The fourth-order valence-corrected chi connectivity index (χ4v) is 6.78. The molecule has 236 valence electrons. The standard InChI is InChI=1S/C33H41N3O7S/c1-3-4-5-6-7-8-23-43-29-15-13-26(14-16-29)25-9-11-27(12-10-25)33(38)35-21-22-36(31(24-35)32(37)34-39)44(40,41)30-19-17-28(42-2)18-20-30/h9-20,31,39H,3-8,21-24H2,1-2H3,(H,34,37). The zero-order valence-corrected chi connectivity index (χ0v) is 26.1. The zero-order chi connectivity index (χ0) is 31.5. The summed E-state index contributed by atoms with van der Waals surface area (Å²) < 4.78 is 38.7. The molecule has 1 saturated heterocycles. The van der Waals surface area contributed by atoms with Crippen LogP contribution in [0.15, 0.2) is 77.7 Å². The highest BCUT2D eigenvalue weighted by Gasteiger charge is 2.41. The van der Waals surface area contributed by atoms with Crippen LogP contribution in [0.2, 0.25) is 0 Å². The Morgan fingerprint density at radius 1 is 0.841 bits per heavy atom. The van der Waals surface area contributed by atoms with E-state index in [0.29, 0.717) is 17.9 Å². The average molecular weight is 624 g/mol. The van der Waals surface area contributed by atoms with Crippen molar-refractivity contribution in [2.24, 2.45) is 0 Å². The fraction of sp³-hybridized carbons (Fsp3) is 0.394.